The summed E-state index contributed by atoms with van der Waals surface area (Å²) in [6, 6.07) is 15.8. The zero-order valence-corrected chi connectivity index (χ0v) is 19.8. The van der Waals surface area contributed by atoms with E-state index in [0.717, 1.165) is 41.7 Å². The number of rotatable bonds is 5. The topological polar surface area (TPSA) is 121 Å². The number of nitrogens with zero attached hydrogens (tertiary/aromatic N) is 2. The molecule has 0 fully saturated rings. The summed E-state index contributed by atoms with van der Waals surface area (Å²) in [5.41, 5.74) is 5.64. The standard InChI is InChI=1S/C26H22N4O4S/c1-16-5-4-6-18(13-16)26(33)34-19-11-9-17(10-12-19)15-28-30-24(32)23(31)29-25-21(14-27)20-7-2-3-8-22(20)35-25/h4-6,9-13,15H,2-3,7-8H2,1H3,(H,29,31)(H,30,32)/b28-15+. The van der Waals surface area contributed by atoms with Gasteiger partial charge in [0.25, 0.3) is 0 Å². The van der Waals surface area contributed by atoms with Gasteiger partial charge in [0.15, 0.2) is 0 Å². The lowest BCUT2D eigenvalue weighted by Gasteiger charge is -2.09. The number of esters is 1. The van der Waals surface area contributed by atoms with E-state index in [-0.39, 0.29) is 0 Å². The number of hydrogen-bond donors (Lipinski definition) is 2. The van der Waals surface area contributed by atoms with Crippen molar-refractivity contribution in [2.24, 2.45) is 5.10 Å². The Kier molecular flexibility index (Phi) is 7.33. The van der Waals surface area contributed by atoms with Crippen LogP contribution in [0.15, 0.2) is 53.6 Å². The molecule has 8 nitrogen and oxygen atoms in total. The van der Waals surface area contributed by atoms with Crippen LogP contribution in [0.5, 0.6) is 5.75 Å². The van der Waals surface area contributed by atoms with Gasteiger partial charge >= 0.3 is 17.8 Å². The Labute approximate surface area is 206 Å². The molecule has 4 rings (SSSR count). The molecular weight excluding hydrogens is 464 g/mol. The first-order valence-electron chi connectivity index (χ1n) is 11.0. The lowest BCUT2D eigenvalue weighted by Crippen LogP contribution is -2.32. The van der Waals surface area contributed by atoms with E-state index in [9.17, 15) is 19.6 Å². The number of carbonyl (C=O) groups is 3. The van der Waals surface area contributed by atoms with Gasteiger partial charge in [0.2, 0.25) is 0 Å². The van der Waals surface area contributed by atoms with E-state index in [1.807, 2.05) is 13.0 Å². The Bertz CT molecular complexity index is 1350. The molecule has 0 bridgehead atoms. The molecular formula is C26H22N4O4S. The Morgan fingerprint density at radius 3 is 2.60 bits per heavy atom. The fourth-order valence-electron chi connectivity index (χ4n) is 3.71. The summed E-state index contributed by atoms with van der Waals surface area (Å²) >= 11 is 1.35. The highest BCUT2D eigenvalue weighted by Crippen LogP contribution is 2.37. The summed E-state index contributed by atoms with van der Waals surface area (Å²) in [7, 11) is 0. The third-order valence-corrected chi connectivity index (χ3v) is 6.65. The molecule has 0 spiro atoms. The van der Waals surface area contributed by atoms with Crippen molar-refractivity contribution in [3.8, 4) is 11.8 Å². The normalized spacial score (nSPS) is 12.5. The molecule has 2 N–H and O–H groups in total. The van der Waals surface area contributed by atoms with Crippen LogP contribution in [0.25, 0.3) is 0 Å². The number of anilines is 1. The Hall–Kier alpha value is -4.29. The van der Waals surface area contributed by atoms with Gasteiger partial charge in [0, 0.05) is 4.88 Å². The van der Waals surface area contributed by atoms with Crippen molar-refractivity contribution in [3.63, 3.8) is 0 Å². The van der Waals surface area contributed by atoms with Gasteiger partial charge in [-0.05, 0) is 80.1 Å². The van der Waals surface area contributed by atoms with Crippen LogP contribution >= 0.6 is 11.3 Å². The van der Waals surface area contributed by atoms with E-state index in [1.54, 1.807) is 42.5 Å². The van der Waals surface area contributed by atoms with Gasteiger partial charge in [0.05, 0.1) is 17.3 Å². The Morgan fingerprint density at radius 1 is 1.09 bits per heavy atom. The number of carbonyl (C=O) groups excluding carboxylic acids is 3. The van der Waals surface area contributed by atoms with E-state index in [1.165, 1.54) is 17.6 Å². The van der Waals surface area contributed by atoms with Gasteiger partial charge < -0.3 is 10.1 Å². The number of nitriles is 1. The van der Waals surface area contributed by atoms with E-state index >= 15 is 0 Å². The van der Waals surface area contributed by atoms with Crippen molar-refractivity contribution in [2.75, 3.05) is 5.32 Å². The minimum absolute atomic E-state index is 0.365. The predicted octanol–water partition coefficient (Wildman–Crippen LogP) is 4.12. The summed E-state index contributed by atoms with van der Waals surface area (Å²) in [6.45, 7) is 1.89. The molecule has 176 valence electrons. The van der Waals surface area contributed by atoms with E-state index in [0.29, 0.717) is 27.4 Å². The molecule has 0 radical (unpaired) electrons. The number of amides is 2. The average Bonchev–Trinajstić information content (AvgIpc) is 3.21. The van der Waals surface area contributed by atoms with Crippen LogP contribution in [0.1, 0.15) is 50.3 Å². The molecule has 0 saturated carbocycles. The number of fused-ring (bicyclic) bond motifs is 1. The van der Waals surface area contributed by atoms with Crippen molar-refractivity contribution in [2.45, 2.75) is 32.6 Å². The van der Waals surface area contributed by atoms with E-state index in [4.69, 9.17) is 4.74 Å². The molecule has 0 unspecified atom stereocenters. The van der Waals surface area contributed by atoms with Gasteiger partial charge in [-0.2, -0.15) is 10.4 Å². The monoisotopic (exact) mass is 486 g/mol. The first-order valence-corrected chi connectivity index (χ1v) is 11.8. The highest BCUT2D eigenvalue weighted by molar-refractivity contribution is 7.16. The largest absolute Gasteiger partial charge is 0.423 e. The minimum atomic E-state index is -0.944. The smallest absolute Gasteiger partial charge is 0.343 e. The van der Waals surface area contributed by atoms with Crippen molar-refractivity contribution < 1.29 is 19.1 Å². The number of ether oxygens (including phenoxy) is 1. The van der Waals surface area contributed by atoms with Crippen LogP contribution < -0.4 is 15.5 Å². The number of benzene rings is 2. The molecule has 0 atom stereocenters. The number of nitrogens with one attached hydrogen (secondary N) is 2. The maximum atomic E-state index is 12.3. The van der Waals surface area contributed by atoms with E-state index < -0.39 is 17.8 Å². The first kappa shape index (κ1) is 23.9. The molecule has 35 heavy (non-hydrogen) atoms. The second-order valence-corrected chi connectivity index (χ2v) is 9.11. The molecule has 1 aliphatic rings. The highest BCUT2D eigenvalue weighted by Gasteiger charge is 2.23. The third-order valence-electron chi connectivity index (χ3n) is 5.44. The van der Waals surface area contributed by atoms with Crippen molar-refractivity contribution >= 4 is 40.3 Å². The number of thiophene rings is 1. The molecule has 1 heterocycles. The lowest BCUT2D eigenvalue weighted by atomic mass is 9.96. The van der Waals surface area contributed by atoms with Gasteiger partial charge in [-0.25, -0.2) is 10.2 Å². The molecule has 3 aromatic rings. The van der Waals surface area contributed by atoms with Crippen molar-refractivity contribution in [1.29, 1.82) is 5.26 Å². The zero-order chi connectivity index (χ0) is 24.8. The Balaban J connectivity index is 1.31. The molecule has 1 aliphatic carbocycles. The quantitative estimate of drug-likeness (QED) is 0.185. The van der Waals surface area contributed by atoms with Gasteiger partial charge in [0.1, 0.15) is 16.8 Å². The zero-order valence-electron chi connectivity index (χ0n) is 19.0. The molecule has 0 aliphatic heterocycles. The molecule has 2 amide bonds. The molecule has 2 aromatic carbocycles. The van der Waals surface area contributed by atoms with Crippen LogP contribution in [0, 0.1) is 18.3 Å². The van der Waals surface area contributed by atoms with Crippen LogP contribution in [-0.4, -0.2) is 24.0 Å². The maximum Gasteiger partial charge on any atom is 0.343 e. The molecule has 9 heteroatoms. The van der Waals surface area contributed by atoms with Crippen LogP contribution in [-0.2, 0) is 22.4 Å². The SMILES string of the molecule is Cc1cccc(C(=O)Oc2ccc(/C=N/NC(=O)C(=O)Nc3sc4c(c3C#N)CCCC4)cc2)c1. The highest BCUT2D eigenvalue weighted by atomic mass is 32.1. The predicted molar refractivity (Wildman–Crippen MR) is 133 cm³/mol. The number of hydrazone groups is 1. The first-order chi connectivity index (χ1) is 16.9. The van der Waals surface area contributed by atoms with Gasteiger partial charge in [-0.15, -0.1) is 11.3 Å². The van der Waals surface area contributed by atoms with Crippen LogP contribution in [0.3, 0.4) is 0 Å². The summed E-state index contributed by atoms with van der Waals surface area (Å²) in [5.74, 6) is -1.93. The summed E-state index contributed by atoms with van der Waals surface area (Å²) in [4.78, 5) is 37.7. The van der Waals surface area contributed by atoms with Crippen LogP contribution in [0.2, 0.25) is 0 Å². The average molecular weight is 487 g/mol. The minimum Gasteiger partial charge on any atom is -0.423 e. The second kappa shape index (κ2) is 10.8. The summed E-state index contributed by atoms with van der Waals surface area (Å²) in [6.07, 6.45) is 5.12. The van der Waals surface area contributed by atoms with Gasteiger partial charge in [-0.1, -0.05) is 17.7 Å². The summed E-state index contributed by atoms with van der Waals surface area (Å²) in [5, 5.41) is 16.2. The number of aryl methyl sites for hydroxylation is 2. The molecule has 1 aromatic heterocycles. The number of hydrogen-bond acceptors (Lipinski definition) is 7. The van der Waals surface area contributed by atoms with E-state index in [2.05, 4.69) is 21.9 Å². The van der Waals surface area contributed by atoms with Crippen molar-refractivity contribution in [1.82, 2.24) is 5.43 Å². The Morgan fingerprint density at radius 2 is 1.86 bits per heavy atom. The fourth-order valence-corrected chi connectivity index (χ4v) is 4.94. The third kappa shape index (κ3) is 5.80. The maximum absolute atomic E-state index is 12.3. The second-order valence-electron chi connectivity index (χ2n) is 8.01. The molecule has 0 saturated heterocycles. The summed E-state index contributed by atoms with van der Waals surface area (Å²) < 4.78 is 5.36. The van der Waals surface area contributed by atoms with Crippen molar-refractivity contribution in [3.05, 3.63) is 81.2 Å². The van der Waals surface area contributed by atoms with Gasteiger partial charge in [-0.3, -0.25) is 9.59 Å². The fraction of sp³-hybridized carbons (Fsp3) is 0.192. The van der Waals surface area contributed by atoms with Crippen LogP contribution in [0.4, 0.5) is 5.00 Å². The lowest BCUT2D eigenvalue weighted by molar-refractivity contribution is -0.136.